The molecule has 0 aromatic heterocycles. The molecule has 160 valence electrons. The van der Waals surface area contributed by atoms with Crippen molar-refractivity contribution in [2.45, 2.75) is 33.0 Å². The second kappa shape index (κ2) is 10.3. The van der Waals surface area contributed by atoms with Crippen LogP contribution in [0.5, 0.6) is 5.75 Å². The van der Waals surface area contributed by atoms with Crippen molar-refractivity contribution in [3.05, 3.63) is 64.2 Å². The van der Waals surface area contributed by atoms with E-state index in [4.69, 9.17) is 9.47 Å². The van der Waals surface area contributed by atoms with E-state index in [0.717, 1.165) is 28.5 Å². The molecule has 1 N–H and O–H groups in total. The number of morpholine rings is 1. The lowest BCUT2D eigenvalue weighted by Gasteiger charge is -2.34. The fourth-order valence-corrected chi connectivity index (χ4v) is 3.47. The van der Waals surface area contributed by atoms with E-state index >= 15 is 0 Å². The van der Waals surface area contributed by atoms with Gasteiger partial charge in [0.15, 0.2) is 11.6 Å². The molecule has 0 amide bonds. The molecule has 4 nitrogen and oxygen atoms in total. The Morgan fingerprint density at radius 3 is 2.66 bits per heavy atom. The summed E-state index contributed by atoms with van der Waals surface area (Å²) in [5.74, 6) is -0.959. The second-order valence-corrected chi connectivity index (χ2v) is 7.46. The summed E-state index contributed by atoms with van der Waals surface area (Å²) in [5.41, 5.74) is 3.95. The number of hydrogen-bond donors (Lipinski definition) is 1. The van der Waals surface area contributed by atoms with Crippen molar-refractivity contribution < 1.29 is 23.4 Å². The minimum absolute atomic E-state index is 0. The van der Waals surface area contributed by atoms with Crippen LogP contribution >= 0.6 is 12.4 Å². The maximum absolute atomic E-state index is 13.5. The SMILES string of the molecule is Cc1cc(C)c(C)c(OCC(O)CN2CCOC(c3ccc(F)c(F)c3)C2)c1.Cl. The molecule has 0 bridgehead atoms. The molecule has 3 rings (SSSR count). The number of rotatable bonds is 6. The number of hydrogen-bond acceptors (Lipinski definition) is 4. The molecule has 1 fully saturated rings. The molecular weight excluding hydrogens is 400 g/mol. The molecule has 1 aliphatic rings. The summed E-state index contributed by atoms with van der Waals surface area (Å²) in [6.45, 7) is 8.31. The molecule has 2 unspecified atom stereocenters. The van der Waals surface area contributed by atoms with Crippen LogP contribution in [0.2, 0.25) is 0 Å². The second-order valence-electron chi connectivity index (χ2n) is 7.46. The average Bonchev–Trinajstić information content (AvgIpc) is 2.66. The molecule has 2 aromatic carbocycles. The zero-order valence-corrected chi connectivity index (χ0v) is 17.8. The van der Waals surface area contributed by atoms with Crippen molar-refractivity contribution in [1.29, 1.82) is 0 Å². The molecule has 7 heteroatoms. The normalized spacial score (nSPS) is 18.2. The van der Waals surface area contributed by atoms with Crippen LogP contribution in [0.25, 0.3) is 0 Å². The molecule has 0 saturated carbocycles. The highest BCUT2D eigenvalue weighted by molar-refractivity contribution is 5.85. The third-order valence-corrected chi connectivity index (χ3v) is 5.13. The van der Waals surface area contributed by atoms with Gasteiger partial charge in [0.05, 0.1) is 12.7 Å². The number of ether oxygens (including phenoxy) is 2. The predicted octanol–water partition coefficient (Wildman–Crippen LogP) is 4.13. The van der Waals surface area contributed by atoms with Crippen LogP contribution in [-0.2, 0) is 4.74 Å². The maximum atomic E-state index is 13.5. The van der Waals surface area contributed by atoms with Crippen LogP contribution in [-0.4, -0.2) is 49.0 Å². The van der Waals surface area contributed by atoms with E-state index in [1.54, 1.807) is 0 Å². The number of aliphatic hydroxyl groups excluding tert-OH is 1. The first-order valence-electron chi connectivity index (χ1n) is 9.51. The Hall–Kier alpha value is -1.73. The lowest BCUT2D eigenvalue weighted by Crippen LogP contribution is -2.43. The van der Waals surface area contributed by atoms with Crippen molar-refractivity contribution in [2.75, 3.05) is 32.8 Å². The van der Waals surface area contributed by atoms with Gasteiger partial charge in [-0.25, -0.2) is 8.78 Å². The van der Waals surface area contributed by atoms with Crippen LogP contribution in [0.4, 0.5) is 8.78 Å². The minimum atomic E-state index is -0.879. The largest absolute Gasteiger partial charge is 0.491 e. The first-order valence-corrected chi connectivity index (χ1v) is 9.51. The van der Waals surface area contributed by atoms with Gasteiger partial charge in [0.2, 0.25) is 0 Å². The van der Waals surface area contributed by atoms with Gasteiger partial charge in [-0.05, 0) is 61.2 Å². The Labute approximate surface area is 176 Å². The molecule has 0 spiro atoms. The summed E-state index contributed by atoms with van der Waals surface area (Å²) < 4.78 is 38.2. The Kier molecular flexibility index (Phi) is 8.40. The van der Waals surface area contributed by atoms with E-state index < -0.39 is 17.7 Å². The van der Waals surface area contributed by atoms with Gasteiger partial charge >= 0.3 is 0 Å². The number of aryl methyl sites for hydroxylation is 2. The van der Waals surface area contributed by atoms with Crippen molar-refractivity contribution in [3.63, 3.8) is 0 Å². The van der Waals surface area contributed by atoms with E-state index in [-0.39, 0.29) is 25.1 Å². The van der Waals surface area contributed by atoms with E-state index in [9.17, 15) is 13.9 Å². The summed E-state index contributed by atoms with van der Waals surface area (Å²) in [5, 5.41) is 10.4. The summed E-state index contributed by atoms with van der Waals surface area (Å²) in [6, 6.07) is 7.90. The highest BCUT2D eigenvalue weighted by Crippen LogP contribution is 2.25. The maximum Gasteiger partial charge on any atom is 0.159 e. The number of halogens is 3. The number of aliphatic hydroxyl groups is 1. The smallest absolute Gasteiger partial charge is 0.159 e. The first-order chi connectivity index (χ1) is 13.3. The highest BCUT2D eigenvalue weighted by Gasteiger charge is 2.24. The molecule has 0 radical (unpaired) electrons. The first kappa shape index (κ1) is 23.5. The molecule has 2 aromatic rings. The van der Waals surface area contributed by atoms with Gasteiger partial charge in [-0.2, -0.15) is 0 Å². The molecule has 29 heavy (non-hydrogen) atoms. The molecule has 1 heterocycles. The minimum Gasteiger partial charge on any atom is -0.491 e. The van der Waals surface area contributed by atoms with Crippen molar-refractivity contribution in [1.82, 2.24) is 4.90 Å². The number of benzene rings is 2. The molecular formula is C22H28ClF2NO3. The quantitative estimate of drug-likeness (QED) is 0.752. The highest BCUT2D eigenvalue weighted by atomic mass is 35.5. The van der Waals surface area contributed by atoms with E-state index in [1.165, 1.54) is 12.1 Å². The zero-order chi connectivity index (χ0) is 20.3. The summed E-state index contributed by atoms with van der Waals surface area (Å²) in [4.78, 5) is 2.05. The van der Waals surface area contributed by atoms with Gasteiger partial charge in [-0.1, -0.05) is 12.1 Å². The average molecular weight is 428 g/mol. The molecule has 1 saturated heterocycles. The summed E-state index contributed by atoms with van der Waals surface area (Å²) in [7, 11) is 0. The summed E-state index contributed by atoms with van der Waals surface area (Å²) in [6.07, 6.45) is -1.01. The topological polar surface area (TPSA) is 41.9 Å². The van der Waals surface area contributed by atoms with Crippen molar-refractivity contribution in [3.8, 4) is 5.75 Å². The fraction of sp³-hybridized carbons (Fsp3) is 0.455. The van der Waals surface area contributed by atoms with Crippen LogP contribution < -0.4 is 4.74 Å². The Morgan fingerprint density at radius 2 is 1.93 bits per heavy atom. The van der Waals surface area contributed by atoms with E-state index in [1.807, 2.05) is 26.8 Å². The van der Waals surface area contributed by atoms with Gasteiger partial charge < -0.3 is 14.6 Å². The molecule has 2 atom stereocenters. The monoisotopic (exact) mass is 427 g/mol. The van der Waals surface area contributed by atoms with Crippen LogP contribution in [0.1, 0.15) is 28.4 Å². The van der Waals surface area contributed by atoms with E-state index in [2.05, 4.69) is 11.0 Å². The van der Waals surface area contributed by atoms with Crippen molar-refractivity contribution >= 4 is 12.4 Å². The predicted molar refractivity (Wildman–Crippen MR) is 111 cm³/mol. The Morgan fingerprint density at radius 1 is 1.17 bits per heavy atom. The third-order valence-electron chi connectivity index (χ3n) is 5.13. The van der Waals surface area contributed by atoms with Crippen LogP contribution in [0.15, 0.2) is 30.3 Å². The fourth-order valence-electron chi connectivity index (χ4n) is 3.47. The van der Waals surface area contributed by atoms with Crippen LogP contribution in [0, 0.1) is 32.4 Å². The van der Waals surface area contributed by atoms with Gasteiger partial charge in [0.1, 0.15) is 18.5 Å². The third kappa shape index (κ3) is 6.12. The van der Waals surface area contributed by atoms with Gasteiger partial charge in [-0.3, -0.25) is 4.90 Å². The Balaban J connectivity index is 0.00000300. The lowest BCUT2D eigenvalue weighted by atomic mass is 10.1. The number of β-amino-alcohol motifs (C(OH)–C–C–N with tert-alkyl or cyclic N) is 1. The van der Waals surface area contributed by atoms with Crippen molar-refractivity contribution in [2.24, 2.45) is 0 Å². The summed E-state index contributed by atoms with van der Waals surface area (Å²) >= 11 is 0. The van der Waals surface area contributed by atoms with Crippen LogP contribution in [0.3, 0.4) is 0 Å². The number of nitrogens with zero attached hydrogens (tertiary/aromatic N) is 1. The van der Waals surface area contributed by atoms with Gasteiger partial charge in [-0.15, -0.1) is 12.4 Å². The Bertz CT molecular complexity index is 834. The molecule has 0 aliphatic carbocycles. The van der Waals surface area contributed by atoms with E-state index in [0.29, 0.717) is 31.8 Å². The molecule has 1 aliphatic heterocycles. The van der Waals surface area contributed by atoms with Gasteiger partial charge in [0, 0.05) is 19.6 Å². The van der Waals surface area contributed by atoms with Gasteiger partial charge in [0.25, 0.3) is 0 Å². The zero-order valence-electron chi connectivity index (χ0n) is 17.0. The lowest BCUT2D eigenvalue weighted by molar-refractivity contribution is -0.0461. The standard InChI is InChI=1S/C22H27F2NO3.ClH/c1-14-8-15(2)16(3)21(9-14)28-13-18(26)11-25-6-7-27-22(12-25)17-4-5-19(23)20(24)10-17;/h4-5,8-10,18,22,26H,6-7,11-13H2,1-3H3;1H.